The van der Waals surface area contributed by atoms with Crippen LogP contribution in [0.3, 0.4) is 0 Å². The number of ether oxygens (including phenoxy) is 1. The van der Waals surface area contributed by atoms with Gasteiger partial charge in [0.15, 0.2) is 0 Å². The van der Waals surface area contributed by atoms with Crippen LogP contribution < -0.4 is 0 Å². The normalized spacial score (nSPS) is 26.1. The van der Waals surface area contributed by atoms with Gasteiger partial charge in [-0.15, -0.1) is 0 Å². The molecule has 0 amide bonds. The molecule has 1 atom stereocenters. The third kappa shape index (κ3) is 2.49. The van der Waals surface area contributed by atoms with Crippen molar-refractivity contribution in [3.05, 3.63) is 34.3 Å². The minimum Gasteiger partial charge on any atom is -0.390 e. The summed E-state index contributed by atoms with van der Waals surface area (Å²) in [5.41, 5.74) is 1.88. The highest BCUT2D eigenvalue weighted by molar-refractivity contribution is 6.31. The van der Waals surface area contributed by atoms with Gasteiger partial charge >= 0.3 is 0 Å². The minimum absolute atomic E-state index is 0.443. The Morgan fingerprint density at radius 1 is 1.41 bits per heavy atom. The van der Waals surface area contributed by atoms with Gasteiger partial charge in [0.25, 0.3) is 0 Å². The Labute approximate surface area is 107 Å². The largest absolute Gasteiger partial charge is 0.390 e. The molecule has 2 aliphatic rings. The average molecular weight is 253 g/mol. The first-order chi connectivity index (χ1) is 8.16. The van der Waals surface area contributed by atoms with Crippen LogP contribution in [0.15, 0.2) is 18.2 Å². The van der Waals surface area contributed by atoms with Crippen molar-refractivity contribution in [1.82, 2.24) is 0 Å². The molecule has 2 nitrogen and oxygen atoms in total. The van der Waals surface area contributed by atoms with Gasteiger partial charge in [-0.2, -0.15) is 0 Å². The molecule has 1 aromatic rings. The lowest BCUT2D eigenvalue weighted by Gasteiger charge is -2.13. The zero-order chi connectivity index (χ0) is 11.9. The fraction of sp³-hybridized carbons (Fsp3) is 0.571. The van der Waals surface area contributed by atoms with Gasteiger partial charge in [-0.25, -0.2) is 0 Å². The SMILES string of the molecule is OC1(Cc2ccc(C3CCOC3)c(Cl)c2)CC1. The van der Waals surface area contributed by atoms with Crippen molar-refractivity contribution in [2.24, 2.45) is 0 Å². The minimum atomic E-state index is -0.443. The molecule has 1 unspecified atom stereocenters. The number of rotatable bonds is 3. The van der Waals surface area contributed by atoms with Crippen molar-refractivity contribution in [2.75, 3.05) is 13.2 Å². The maximum Gasteiger partial charge on any atom is 0.0690 e. The Morgan fingerprint density at radius 3 is 2.82 bits per heavy atom. The number of aliphatic hydroxyl groups is 1. The lowest BCUT2D eigenvalue weighted by Crippen LogP contribution is -2.11. The highest BCUT2D eigenvalue weighted by Crippen LogP contribution is 2.39. The zero-order valence-electron chi connectivity index (χ0n) is 9.79. The van der Waals surface area contributed by atoms with Gasteiger partial charge in [-0.1, -0.05) is 23.7 Å². The van der Waals surface area contributed by atoms with Crippen LogP contribution in [0, 0.1) is 0 Å². The van der Waals surface area contributed by atoms with Gasteiger partial charge in [0.05, 0.1) is 12.2 Å². The van der Waals surface area contributed by atoms with Gasteiger partial charge in [0.2, 0.25) is 0 Å². The quantitative estimate of drug-likeness (QED) is 0.896. The van der Waals surface area contributed by atoms with Gasteiger partial charge in [0.1, 0.15) is 0 Å². The van der Waals surface area contributed by atoms with Crippen molar-refractivity contribution >= 4 is 11.6 Å². The molecule has 1 aliphatic heterocycles. The third-order valence-corrected chi connectivity index (χ3v) is 4.12. The van der Waals surface area contributed by atoms with E-state index in [4.69, 9.17) is 16.3 Å². The summed E-state index contributed by atoms with van der Waals surface area (Å²) >= 11 is 6.32. The second kappa shape index (κ2) is 4.27. The van der Waals surface area contributed by atoms with Gasteiger partial charge < -0.3 is 9.84 Å². The molecular weight excluding hydrogens is 236 g/mol. The molecule has 1 saturated carbocycles. The Hall–Kier alpha value is -0.570. The van der Waals surface area contributed by atoms with E-state index in [1.165, 1.54) is 5.56 Å². The topological polar surface area (TPSA) is 29.5 Å². The monoisotopic (exact) mass is 252 g/mol. The molecule has 1 aliphatic carbocycles. The Balaban J connectivity index is 1.78. The first kappa shape index (κ1) is 11.5. The van der Waals surface area contributed by atoms with E-state index >= 15 is 0 Å². The first-order valence-electron chi connectivity index (χ1n) is 6.25. The summed E-state index contributed by atoms with van der Waals surface area (Å²) in [5.74, 6) is 0.445. The van der Waals surface area contributed by atoms with Crippen LogP contribution in [0.4, 0.5) is 0 Å². The summed E-state index contributed by atoms with van der Waals surface area (Å²) in [7, 11) is 0. The summed E-state index contributed by atoms with van der Waals surface area (Å²) < 4.78 is 5.39. The zero-order valence-corrected chi connectivity index (χ0v) is 10.5. The van der Waals surface area contributed by atoms with Crippen molar-refractivity contribution in [3.63, 3.8) is 0 Å². The second-order valence-electron chi connectivity index (χ2n) is 5.32. The maximum absolute atomic E-state index is 9.89. The van der Waals surface area contributed by atoms with Crippen LogP contribution in [0.5, 0.6) is 0 Å². The fourth-order valence-electron chi connectivity index (χ4n) is 2.49. The molecule has 0 spiro atoms. The maximum atomic E-state index is 9.89. The van der Waals surface area contributed by atoms with Gasteiger partial charge in [0, 0.05) is 24.0 Å². The Kier molecular flexibility index (Phi) is 2.89. The summed E-state index contributed by atoms with van der Waals surface area (Å²) in [6.07, 6.45) is 3.63. The Morgan fingerprint density at radius 2 is 2.24 bits per heavy atom. The fourth-order valence-corrected chi connectivity index (χ4v) is 2.85. The molecule has 0 aromatic heterocycles. The van der Waals surface area contributed by atoms with E-state index < -0.39 is 5.60 Å². The predicted octanol–water partition coefficient (Wildman–Crippen LogP) is 2.91. The van der Waals surface area contributed by atoms with Crippen molar-refractivity contribution in [1.29, 1.82) is 0 Å². The van der Waals surface area contributed by atoms with Gasteiger partial charge in [-0.3, -0.25) is 0 Å². The van der Waals surface area contributed by atoms with Crippen molar-refractivity contribution in [2.45, 2.75) is 37.2 Å². The lowest BCUT2D eigenvalue weighted by molar-refractivity contribution is 0.151. The van der Waals surface area contributed by atoms with Crippen LogP contribution in [0.2, 0.25) is 5.02 Å². The van der Waals surface area contributed by atoms with Crippen LogP contribution in [0.1, 0.15) is 36.3 Å². The lowest BCUT2D eigenvalue weighted by atomic mass is 9.96. The summed E-state index contributed by atoms with van der Waals surface area (Å²) in [4.78, 5) is 0. The van der Waals surface area contributed by atoms with Crippen LogP contribution >= 0.6 is 11.6 Å². The highest BCUT2D eigenvalue weighted by Gasteiger charge is 2.40. The van der Waals surface area contributed by atoms with E-state index in [9.17, 15) is 5.11 Å². The van der Waals surface area contributed by atoms with E-state index in [0.717, 1.165) is 49.5 Å². The van der Waals surface area contributed by atoms with Crippen LogP contribution in [-0.4, -0.2) is 23.9 Å². The van der Waals surface area contributed by atoms with E-state index in [2.05, 4.69) is 12.1 Å². The van der Waals surface area contributed by atoms with Crippen molar-refractivity contribution in [3.8, 4) is 0 Å². The smallest absolute Gasteiger partial charge is 0.0690 e. The van der Waals surface area contributed by atoms with Crippen molar-refractivity contribution < 1.29 is 9.84 Å². The summed E-state index contributed by atoms with van der Waals surface area (Å²) in [5, 5.41) is 10.7. The summed E-state index contributed by atoms with van der Waals surface area (Å²) in [6, 6.07) is 6.20. The molecule has 1 aromatic carbocycles. The average Bonchev–Trinajstić information content (AvgIpc) is 2.81. The highest BCUT2D eigenvalue weighted by atomic mass is 35.5. The summed E-state index contributed by atoms with van der Waals surface area (Å²) in [6.45, 7) is 1.62. The molecule has 1 saturated heterocycles. The number of hydrogen-bond acceptors (Lipinski definition) is 2. The molecule has 0 radical (unpaired) electrons. The molecule has 3 rings (SSSR count). The van der Waals surface area contributed by atoms with E-state index in [-0.39, 0.29) is 0 Å². The first-order valence-corrected chi connectivity index (χ1v) is 6.63. The molecular formula is C14H17ClO2. The molecule has 1 N–H and O–H groups in total. The standard InChI is InChI=1S/C14H17ClO2/c15-13-7-10(8-14(16)4-5-14)1-2-12(13)11-3-6-17-9-11/h1-2,7,11,16H,3-6,8-9H2. The molecule has 3 heteroatoms. The third-order valence-electron chi connectivity index (χ3n) is 3.79. The van der Waals surface area contributed by atoms with E-state index in [0.29, 0.717) is 5.92 Å². The number of benzene rings is 1. The Bertz CT molecular complexity index is 420. The molecule has 17 heavy (non-hydrogen) atoms. The molecule has 0 bridgehead atoms. The molecule has 92 valence electrons. The number of hydrogen-bond donors (Lipinski definition) is 1. The second-order valence-corrected chi connectivity index (χ2v) is 5.72. The van der Waals surface area contributed by atoms with E-state index in [1.807, 2.05) is 6.07 Å². The van der Waals surface area contributed by atoms with Crippen LogP contribution in [0.25, 0.3) is 0 Å². The van der Waals surface area contributed by atoms with E-state index in [1.54, 1.807) is 0 Å². The van der Waals surface area contributed by atoms with Crippen LogP contribution in [-0.2, 0) is 11.2 Å². The van der Waals surface area contributed by atoms with Gasteiger partial charge in [-0.05, 0) is 36.5 Å². The molecule has 2 fully saturated rings. The number of halogens is 1. The molecule has 1 heterocycles. The predicted molar refractivity (Wildman–Crippen MR) is 67.5 cm³/mol.